The highest BCUT2D eigenvalue weighted by Crippen LogP contribution is 2.19. The van der Waals surface area contributed by atoms with Crippen LogP contribution in [0.2, 0.25) is 0 Å². The van der Waals surface area contributed by atoms with E-state index in [4.69, 9.17) is 10.5 Å². The van der Waals surface area contributed by atoms with Crippen molar-refractivity contribution in [3.63, 3.8) is 0 Å². The zero-order valence-electron chi connectivity index (χ0n) is 12.3. The summed E-state index contributed by atoms with van der Waals surface area (Å²) in [5.41, 5.74) is 8.00. The average molecular weight is 264 g/mol. The lowest BCUT2D eigenvalue weighted by atomic mass is 10.1. The fourth-order valence-corrected chi connectivity index (χ4v) is 2.11. The van der Waals surface area contributed by atoms with E-state index in [1.165, 1.54) is 0 Å². The van der Waals surface area contributed by atoms with Crippen molar-refractivity contribution >= 4 is 5.91 Å². The van der Waals surface area contributed by atoms with Gasteiger partial charge in [-0.1, -0.05) is 25.5 Å². The van der Waals surface area contributed by atoms with Gasteiger partial charge in [-0.2, -0.15) is 0 Å². The van der Waals surface area contributed by atoms with Crippen LogP contribution in [0.15, 0.2) is 18.2 Å². The first-order valence-corrected chi connectivity index (χ1v) is 6.63. The van der Waals surface area contributed by atoms with Crippen LogP contribution in [0, 0.1) is 6.92 Å². The number of rotatable bonds is 6. The number of amides is 1. The molecule has 1 amide bonds. The average Bonchev–Trinajstić information content (AvgIpc) is 2.38. The van der Waals surface area contributed by atoms with Gasteiger partial charge in [-0.05, 0) is 30.5 Å². The van der Waals surface area contributed by atoms with Crippen LogP contribution in [0.4, 0.5) is 0 Å². The Morgan fingerprint density at radius 2 is 2.16 bits per heavy atom. The topological polar surface area (TPSA) is 55.6 Å². The zero-order chi connectivity index (χ0) is 14.4. The van der Waals surface area contributed by atoms with E-state index in [1.807, 2.05) is 32.0 Å². The standard InChI is InChI=1S/C15H24N2O2/c1-5-6-13(16)15(18)17(3)10-12-7-8-14(19-4)11(2)9-12/h7-9,13H,5-6,10,16H2,1-4H3. The lowest BCUT2D eigenvalue weighted by Crippen LogP contribution is -2.41. The number of nitrogens with two attached hydrogens (primary N) is 1. The largest absolute Gasteiger partial charge is 0.496 e. The highest BCUT2D eigenvalue weighted by molar-refractivity contribution is 5.81. The van der Waals surface area contributed by atoms with Crippen molar-refractivity contribution < 1.29 is 9.53 Å². The Bertz CT molecular complexity index is 432. The molecule has 0 bridgehead atoms. The molecule has 1 aromatic rings. The van der Waals surface area contributed by atoms with E-state index < -0.39 is 6.04 Å². The molecule has 0 saturated carbocycles. The van der Waals surface area contributed by atoms with Crippen LogP contribution >= 0.6 is 0 Å². The number of nitrogens with zero attached hydrogens (tertiary/aromatic N) is 1. The van der Waals surface area contributed by atoms with Gasteiger partial charge in [0.25, 0.3) is 0 Å². The molecule has 0 heterocycles. The number of ether oxygens (including phenoxy) is 1. The molecule has 4 heteroatoms. The molecule has 0 aliphatic rings. The van der Waals surface area contributed by atoms with Crippen LogP contribution in [0.3, 0.4) is 0 Å². The monoisotopic (exact) mass is 264 g/mol. The maximum Gasteiger partial charge on any atom is 0.239 e. The smallest absolute Gasteiger partial charge is 0.239 e. The zero-order valence-corrected chi connectivity index (χ0v) is 12.3. The maximum absolute atomic E-state index is 12.0. The minimum atomic E-state index is -0.394. The van der Waals surface area contributed by atoms with E-state index >= 15 is 0 Å². The van der Waals surface area contributed by atoms with Crippen molar-refractivity contribution in [1.29, 1.82) is 0 Å². The number of hydrogen-bond acceptors (Lipinski definition) is 3. The molecule has 0 aromatic heterocycles. The quantitative estimate of drug-likeness (QED) is 0.856. The number of hydrogen-bond donors (Lipinski definition) is 1. The van der Waals surface area contributed by atoms with Crippen molar-refractivity contribution in [1.82, 2.24) is 4.90 Å². The van der Waals surface area contributed by atoms with E-state index in [1.54, 1.807) is 19.1 Å². The second kappa shape index (κ2) is 7.14. The Morgan fingerprint density at radius 1 is 1.47 bits per heavy atom. The Morgan fingerprint density at radius 3 is 2.68 bits per heavy atom. The lowest BCUT2D eigenvalue weighted by Gasteiger charge is -2.21. The van der Waals surface area contributed by atoms with Crippen LogP contribution in [0.5, 0.6) is 5.75 Å². The third-order valence-corrected chi connectivity index (χ3v) is 3.17. The predicted molar refractivity (Wildman–Crippen MR) is 77.1 cm³/mol. The molecule has 1 aromatic carbocycles. The van der Waals surface area contributed by atoms with Crippen molar-refractivity contribution in [2.75, 3.05) is 14.2 Å². The fourth-order valence-electron chi connectivity index (χ4n) is 2.11. The van der Waals surface area contributed by atoms with Crippen LogP contribution in [0.1, 0.15) is 30.9 Å². The minimum Gasteiger partial charge on any atom is -0.496 e. The normalized spacial score (nSPS) is 12.1. The summed E-state index contributed by atoms with van der Waals surface area (Å²) in [7, 11) is 3.44. The van der Waals surface area contributed by atoms with Crippen molar-refractivity contribution in [3.05, 3.63) is 29.3 Å². The molecule has 2 N–H and O–H groups in total. The van der Waals surface area contributed by atoms with Gasteiger partial charge in [0.05, 0.1) is 13.2 Å². The first-order valence-electron chi connectivity index (χ1n) is 6.63. The summed E-state index contributed by atoms with van der Waals surface area (Å²) in [5, 5.41) is 0. The SMILES string of the molecule is CCCC(N)C(=O)N(C)Cc1ccc(OC)c(C)c1. The predicted octanol–water partition coefficient (Wildman–Crippen LogP) is 2.09. The summed E-state index contributed by atoms with van der Waals surface area (Å²) in [6, 6.07) is 5.54. The number of benzene rings is 1. The Labute approximate surface area is 115 Å². The van der Waals surface area contributed by atoms with Gasteiger partial charge in [-0.3, -0.25) is 4.79 Å². The number of likely N-dealkylation sites (N-methyl/N-ethyl adjacent to an activating group) is 1. The van der Waals surface area contributed by atoms with E-state index in [2.05, 4.69) is 0 Å². The number of aryl methyl sites for hydroxylation is 1. The summed E-state index contributed by atoms with van der Waals surface area (Å²) in [6.07, 6.45) is 1.65. The Balaban J connectivity index is 2.68. The van der Waals surface area contributed by atoms with Gasteiger partial charge in [0.2, 0.25) is 5.91 Å². The molecule has 0 fully saturated rings. The molecule has 1 unspecified atom stereocenters. The van der Waals surface area contributed by atoms with E-state index in [-0.39, 0.29) is 5.91 Å². The van der Waals surface area contributed by atoms with Crippen LogP contribution < -0.4 is 10.5 Å². The van der Waals surface area contributed by atoms with Gasteiger partial charge < -0.3 is 15.4 Å². The van der Waals surface area contributed by atoms with Crippen LogP contribution in [-0.4, -0.2) is 31.0 Å². The Kier molecular flexibility index (Phi) is 5.83. The molecule has 19 heavy (non-hydrogen) atoms. The molecule has 1 rings (SSSR count). The molecule has 0 aliphatic carbocycles. The van der Waals surface area contributed by atoms with Crippen LogP contribution in [-0.2, 0) is 11.3 Å². The first-order chi connectivity index (χ1) is 8.99. The summed E-state index contributed by atoms with van der Waals surface area (Å²) < 4.78 is 5.22. The van der Waals surface area contributed by atoms with Crippen molar-refractivity contribution in [2.24, 2.45) is 5.73 Å². The first kappa shape index (κ1) is 15.5. The van der Waals surface area contributed by atoms with E-state index in [0.717, 1.165) is 29.7 Å². The van der Waals surface area contributed by atoms with Crippen molar-refractivity contribution in [2.45, 2.75) is 39.3 Å². The number of methoxy groups -OCH3 is 1. The lowest BCUT2D eigenvalue weighted by molar-refractivity contribution is -0.131. The third-order valence-electron chi connectivity index (χ3n) is 3.17. The van der Waals surface area contributed by atoms with Crippen LogP contribution in [0.25, 0.3) is 0 Å². The highest BCUT2D eigenvalue weighted by atomic mass is 16.5. The number of carbonyl (C=O) groups is 1. The molecular weight excluding hydrogens is 240 g/mol. The molecule has 0 radical (unpaired) electrons. The van der Waals surface area contributed by atoms with E-state index in [0.29, 0.717) is 6.54 Å². The highest BCUT2D eigenvalue weighted by Gasteiger charge is 2.17. The molecular formula is C15H24N2O2. The molecule has 0 spiro atoms. The third kappa shape index (κ3) is 4.24. The minimum absolute atomic E-state index is 0.00433. The maximum atomic E-state index is 12.0. The van der Waals surface area contributed by atoms with Gasteiger partial charge in [-0.25, -0.2) is 0 Å². The van der Waals surface area contributed by atoms with Gasteiger partial charge in [0, 0.05) is 13.6 Å². The molecule has 1 atom stereocenters. The van der Waals surface area contributed by atoms with Gasteiger partial charge in [0.15, 0.2) is 0 Å². The summed E-state index contributed by atoms with van der Waals surface area (Å²) >= 11 is 0. The number of carbonyl (C=O) groups excluding carboxylic acids is 1. The molecule has 4 nitrogen and oxygen atoms in total. The Hall–Kier alpha value is -1.55. The second-order valence-corrected chi connectivity index (χ2v) is 4.89. The fraction of sp³-hybridized carbons (Fsp3) is 0.533. The molecule has 0 saturated heterocycles. The summed E-state index contributed by atoms with van der Waals surface area (Å²) in [6.45, 7) is 4.59. The van der Waals surface area contributed by atoms with Crippen molar-refractivity contribution in [3.8, 4) is 5.75 Å². The second-order valence-electron chi connectivity index (χ2n) is 4.89. The molecule has 106 valence electrons. The summed E-state index contributed by atoms with van der Waals surface area (Å²) in [4.78, 5) is 13.7. The summed E-state index contributed by atoms with van der Waals surface area (Å²) in [5.74, 6) is 0.857. The van der Waals surface area contributed by atoms with Gasteiger partial charge in [0.1, 0.15) is 5.75 Å². The van der Waals surface area contributed by atoms with E-state index in [9.17, 15) is 4.79 Å². The van der Waals surface area contributed by atoms with Gasteiger partial charge in [-0.15, -0.1) is 0 Å². The molecule has 0 aliphatic heterocycles. The van der Waals surface area contributed by atoms with Gasteiger partial charge >= 0.3 is 0 Å².